The van der Waals surface area contributed by atoms with Crippen molar-refractivity contribution < 1.29 is 9.47 Å². The van der Waals surface area contributed by atoms with E-state index in [1.807, 2.05) is 0 Å². The predicted octanol–water partition coefficient (Wildman–Crippen LogP) is 4.99. The lowest BCUT2D eigenvalue weighted by molar-refractivity contribution is 0.0407. The number of hydrogen-bond acceptors (Lipinski definition) is 6. The summed E-state index contributed by atoms with van der Waals surface area (Å²) in [5.74, 6) is 0.611. The smallest absolute Gasteiger partial charge is 0.0776 e. The Kier molecular flexibility index (Phi) is 9.73. The molecule has 1 aromatic carbocycles. The Bertz CT molecular complexity index is 859. The van der Waals surface area contributed by atoms with Crippen LogP contribution in [0.5, 0.6) is 0 Å². The number of hydrogen-bond donors (Lipinski definition) is 4. The number of benzene rings is 1. The normalized spacial score (nSPS) is 34.8. The van der Waals surface area contributed by atoms with E-state index in [-0.39, 0.29) is 0 Å². The maximum Gasteiger partial charge on any atom is 0.0776 e. The van der Waals surface area contributed by atoms with E-state index in [9.17, 15) is 0 Å². The first-order valence-electron chi connectivity index (χ1n) is 14.9. The molecule has 1 aliphatic carbocycles. The number of aryl methyl sites for hydroxylation is 1. The maximum absolute atomic E-state index is 6.33. The largest absolute Gasteiger partial charge is 0.382 e. The highest BCUT2D eigenvalue weighted by Crippen LogP contribution is 2.45. The molecule has 7 heteroatoms. The van der Waals surface area contributed by atoms with Gasteiger partial charge in [-0.15, -0.1) is 0 Å². The fraction of sp³-hybridized carbons (Fsp3) is 0.800. The van der Waals surface area contributed by atoms with Gasteiger partial charge in [-0.1, -0.05) is 19.1 Å². The standard InChI is InChI=1S/C30H49IN4O2/c1-20(18-37-28-16-30(28)12-5-13-33-30)14-23-9-11-26(35-23)19-36-22(3)15-24-8-10-25(34-24)17-32-29-21(2)6-4-7-27(29)31/h4,6-7,20,22-26,28,32-35H,5,8-19H2,1-3H3/t20?,22?,23?,24?,25-,26-,28-,30?/m0/s1. The topological polar surface area (TPSA) is 66.6 Å². The Morgan fingerprint density at radius 2 is 1.81 bits per heavy atom. The van der Waals surface area contributed by atoms with Crippen LogP contribution in [-0.4, -0.2) is 68.2 Å². The molecule has 6 nitrogen and oxygen atoms in total. The Morgan fingerprint density at radius 1 is 1.05 bits per heavy atom. The molecule has 208 valence electrons. The van der Waals surface area contributed by atoms with Crippen LogP contribution >= 0.6 is 22.6 Å². The fourth-order valence-corrected chi connectivity index (χ4v) is 7.73. The zero-order chi connectivity index (χ0) is 25.8. The van der Waals surface area contributed by atoms with E-state index in [0.29, 0.717) is 47.8 Å². The van der Waals surface area contributed by atoms with Gasteiger partial charge in [-0.3, -0.25) is 0 Å². The molecule has 5 rings (SSSR count). The van der Waals surface area contributed by atoms with Crippen molar-refractivity contribution >= 4 is 28.3 Å². The van der Waals surface area contributed by atoms with Crippen molar-refractivity contribution in [1.82, 2.24) is 16.0 Å². The minimum atomic E-state index is 0.296. The van der Waals surface area contributed by atoms with Gasteiger partial charge in [0.05, 0.1) is 24.5 Å². The van der Waals surface area contributed by atoms with Crippen molar-refractivity contribution in [2.75, 3.05) is 31.6 Å². The molecule has 1 spiro atoms. The molecule has 0 amide bonds. The van der Waals surface area contributed by atoms with Gasteiger partial charge < -0.3 is 30.7 Å². The van der Waals surface area contributed by atoms with Crippen LogP contribution < -0.4 is 21.3 Å². The molecule has 4 N–H and O–H groups in total. The van der Waals surface area contributed by atoms with Crippen LogP contribution in [0.2, 0.25) is 0 Å². The molecule has 1 saturated carbocycles. The monoisotopic (exact) mass is 624 g/mol. The zero-order valence-corrected chi connectivity index (χ0v) is 25.3. The molecule has 3 saturated heterocycles. The summed E-state index contributed by atoms with van der Waals surface area (Å²) in [6.07, 6.45) is 11.9. The molecule has 0 bridgehead atoms. The minimum Gasteiger partial charge on any atom is -0.382 e. The van der Waals surface area contributed by atoms with Crippen molar-refractivity contribution in [3.05, 3.63) is 27.3 Å². The zero-order valence-electron chi connectivity index (χ0n) is 23.2. The van der Waals surface area contributed by atoms with Crippen LogP contribution in [0.4, 0.5) is 5.69 Å². The molecule has 4 aliphatic rings. The molecule has 0 aromatic heterocycles. The van der Waals surface area contributed by atoms with Crippen molar-refractivity contribution in [2.45, 2.75) is 120 Å². The van der Waals surface area contributed by atoms with Gasteiger partial charge in [0.2, 0.25) is 0 Å². The SMILES string of the molecule is Cc1cccc(I)c1NC[C@@H]1CCC(CC(C)OC[C@@H]2CCC(CC(C)CO[C@H]3CC34CCCN4)N2)N1. The van der Waals surface area contributed by atoms with Gasteiger partial charge in [0.1, 0.15) is 0 Å². The van der Waals surface area contributed by atoms with Gasteiger partial charge in [-0.05, 0) is 118 Å². The summed E-state index contributed by atoms with van der Waals surface area (Å²) in [6, 6.07) is 8.70. The van der Waals surface area contributed by atoms with E-state index in [0.717, 1.165) is 26.2 Å². The van der Waals surface area contributed by atoms with E-state index in [4.69, 9.17) is 9.47 Å². The van der Waals surface area contributed by atoms with Crippen LogP contribution in [0.15, 0.2) is 18.2 Å². The van der Waals surface area contributed by atoms with Gasteiger partial charge in [-0.2, -0.15) is 0 Å². The number of anilines is 1. The summed E-state index contributed by atoms with van der Waals surface area (Å²) in [5.41, 5.74) is 2.96. The fourth-order valence-electron chi connectivity index (χ4n) is 6.90. The highest BCUT2D eigenvalue weighted by Gasteiger charge is 2.56. The first-order chi connectivity index (χ1) is 17.9. The van der Waals surface area contributed by atoms with Gasteiger partial charge >= 0.3 is 0 Å². The second-order valence-electron chi connectivity index (χ2n) is 12.5. The van der Waals surface area contributed by atoms with Gasteiger partial charge in [0.15, 0.2) is 0 Å². The highest BCUT2D eigenvalue weighted by atomic mass is 127. The first-order valence-corrected chi connectivity index (χ1v) is 16.0. The summed E-state index contributed by atoms with van der Waals surface area (Å²) in [6.45, 7) is 10.7. The third kappa shape index (κ3) is 7.60. The van der Waals surface area contributed by atoms with Crippen molar-refractivity contribution in [3.63, 3.8) is 0 Å². The number of nitrogens with one attached hydrogen (secondary N) is 4. The van der Waals surface area contributed by atoms with Crippen LogP contribution in [0.1, 0.15) is 77.2 Å². The summed E-state index contributed by atoms with van der Waals surface area (Å²) in [4.78, 5) is 0. The third-order valence-corrected chi connectivity index (χ3v) is 10.1. The lowest BCUT2D eigenvalue weighted by Crippen LogP contribution is -2.38. The van der Waals surface area contributed by atoms with Gasteiger partial charge in [0, 0.05) is 46.4 Å². The highest BCUT2D eigenvalue weighted by molar-refractivity contribution is 14.1. The van der Waals surface area contributed by atoms with E-state index in [2.05, 4.69) is 82.8 Å². The summed E-state index contributed by atoms with van der Waals surface area (Å²) in [7, 11) is 0. The summed E-state index contributed by atoms with van der Waals surface area (Å²) in [5, 5.41) is 15.1. The maximum atomic E-state index is 6.33. The Labute approximate surface area is 238 Å². The number of halogens is 1. The number of ether oxygens (including phenoxy) is 2. The molecule has 5 unspecified atom stereocenters. The van der Waals surface area contributed by atoms with Crippen molar-refractivity contribution in [2.24, 2.45) is 5.92 Å². The van der Waals surface area contributed by atoms with E-state index in [1.54, 1.807) is 0 Å². The van der Waals surface area contributed by atoms with Crippen LogP contribution in [0.3, 0.4) is 0 Å². The number of rotatable bonds is 13. The average Bonchev–Trinajstić information content (AvgIpc) is 3.29. The average molecular weight is 625 g/mol. The van der Waals surface area contributed by atoms with Crippen LogP contribution in [0, 0.1) is 16.4 Å². The van der Waals surface area contributed by atoms with E-state index < -0.39 is 0 Å². The molecular formula is C30H49IN4O2. The minimum absolute atomic E-state index is 0.296. The molecule has 3 aliphatic heterocycles. The molecule has 0 radical (unpaired) electrons. The lowest BCUT2D eigenvalue weighted by atomic mass is 10.0. The molecule has 3 heterocycles. The summed E-state index contributed by atoms with van der Waals surface area (Å²) < 4.78 is 13.9. The lowest BCUT2D eigenvalue weighted by Gasteiger charge is -2.22. The molecule has 37 heavy (non-hydrogen) atoms. The number of para-hydroxylation sites is 1. The molecule has 4 fully saturated rings. The molecule has 1 aromatic rings. The third-order valence-electron chi connectivity index (χ3n) is 9.17. The van der Waals surface area contributed by atoms with Crippen molar-refractivity contribution in [1.29, 1.82) is 0 Å². The predicted molar refractivity (Wildman–Crippen MR) is 160 cm³/mol. The Hall–Kier alpha value is -0.450. The Morgan fingerprint density at radius 3 is 2.59 bits per heavy atom. The second-order valence-corrected chi connectivity index (χ2v) is 13.7. The van der Waals surface area contributed by atoms with Crippen LogP contribution in [-0.2, 0) is 9.47 Å². The van der Waals surface area contributed by atoms with Crippen molar-refractivity contribution in [3.8, 4) is 0 Å². The van der Waals surface area contributed by atoms with E-state index in [1.165, 1.54) is 72.7 Å². The molecule has 8 atom stereocenters. The molecular weight excluding hydrogens is 575 g/mol. The second kappa shape index (κ2) is 12.8. The van der Waals surface area contributed by atoms with Gasteiger partial charge in [0.25, 0.3) is 0 Å². The quantitative estimate of drug-likeness (QED) is 0.232. The van der Waals surface area contributed by atoms with Crippen LogP contribution in [0.25, 0.3) is 0 Å². The first kappa shape index (κ1) is 28.1. The summed E-state index contributed by atoms with van der Waals surface area (Å²) >= 11 is 2.43. The van der Waals surface area contributed by atoms with Gasteiger partial charge in [-0.25, -0.2) is 0 Å². The van der Waals surface area contributed by atoms with E-state index >= 15 is 0 Å². The Balaban J connectivity index is 0.926.